The fourth-order valence-corrected chi connectivity index (χ4v) is 2.09. The second-order valence-electron chi connectivity index (χ2n) is 3.41. The molecule has 0 saturated carbocycles. The zero-order chi connectivity index (χ0) is 11.8. The van der Waals surface area contributed by atoms with Gasteiger partial charge in [-0.3, -0.25) is 0 Å². The highest BCUT2D eigenvalue weighted by Gasteiger charge is 2.05. The van der Waals surface area contributed by atoms with Crippen LogP contribution in [0.1, 0.15) is 18.5 Å². The van der Waals surface area contributed by atoms with Crippen molar-refractivity contribution in [3.8, 4) is 5.75 Å². The highest BCUT2D eigenvalue weighted by atomic mass is 32.2. The topological polar surface area (TPSA) is 55.5 Å². The Labute approximate surface area is 101 Å². The summed E-state index contributed by atoms with van der Waals surface area (Å²) in [4.78, 5) is 0. The van der Waals surface area contributed by atoms with Crippen LogP contribution in [0.25, 0.3) is 0 Å². The lowest BCUT2D eigenvalue weighted by molar-refractivity contribution is 0.322. The summed E-state index contributed by atoms with van der Waals surface area (Å²) in [6.45, 7) is 2.85. The van der Waals surface area contributed by atoms with Crippen molar-refractivity contribution in [1.82, 2.24) is 0 Å². The summed E-state index contributed by atoms with van der Waals surface area (Å²) in [6.07, 6.45) is 0. The molecule has 0 radical (unpaired) electrons. The van der Waals surface area contributed by atoms with E-state index in [4.69, 9.17) is 15.6 Å². The number of thioether (sulfide) groups is 1. The lowest BCUT2D eigenvalue weighted by Gasteiger charge is -2.12. The molecule has 0 bridgehead atoms. The monoisotopic (exact) mass is 241 g/mol. The van der Waals surface area contributed by atoms with Gasteiger partial charge in [0.05, 0.1) is 13.2 Å². The summed E-state index contributed by atoms with van der Waals surface area (Å²) in [7, 11) is 0. The fourth-order valence-electron chi connectivity index (χ4n) is 1.35. The maximum atomic E-state index is 8.67. The second-order valence-corrected chi connectivity index (χ2v) is 4.56. The van der Waals surface area contributed by atoms with E-state index in [1.165, 1.54) is 0 Å². The van der Waals surface area contributed by atoms with Crippen LogP contribution in [0.5, 0.6) is 5.75 Å². The molecular weight excluding hydrogens is 222 g/mol. The Morgan fingerprint density at radius 1 is 1.38 bits per heavy atom. The molecule has 0 aliphatic carbocycles. The van der Waals surface area contributed by atoms with Gasteiger partial charge in [-0.25, -0.2) is 0 Å². The van der Waals surface area contributed by atoms with Crippen molar-refractivity contribution in [2.45, 2.75) is 13.0 Å². The third kappa shape index (κ3) is 4.43. The average Bonchev–Trinajstić information content (AvgIpc) is 2.30. The minimum atomic E-state index is 0.0206. The molecule has 0 fully saturated rings. The summed E-state index contributed by atoms with van der Waals surface area (Å²) in [5, 5.41) is 8.67. The van der Waals surface area contributed by atoms with Crippen LogP contribution in [-0.4, -0.2) is 29.8 Å². The molecule has 1 aromatic rings. The molecule has 1 atom stereocenters. The fraction of sp³-hybridized carbons (Fsp3) is 0.500. The van der Waals surface area contributed by atoms with Crippen LogP contribution in [-0.2, 0) is 0 Å². The summed E-state index contributed by atoms with van der Waals surface area (Å²) in [5.74, 6) is 2.45. The smallest absolute Gasteiger partial charge is 0.119 e. The largest absolute Gasteiger partial charge is 0.494 e. The molecule has 3 nitrogen and oxygen atoms in total. The predicted molar refractivity (Wildman–Crippen MR) is 69.0 cm³/mol. The molecule has 0 saturated heterocycles. The highest BCUT2D eigenvalue weighted by Crippen LogP contribution is 2.19. The Balaban J connectivity index is 2.46. The number of benzene rings is 1. The van der Waals surface area contributed by atoms with Crippen molar-refractivity contribution >= 4 is 11.8 Å². The number of ether oxygens (including phenoxy) is 1. The molecule has 0 spiro atoms. The minimum Gasteiger partial charge on any atom is -0.494 e. The van der Waals surface area contributed by atoms with Crippen LogP contribution in [0.15, 0.2) is 24.3 Å². The lowest BCUT2D eigenvalue weighted by Crippen LogP contribution is -2.13. The number of hydrogen-bond acceptors (Lipinski definition) is 4. The molecule has 4 heteroatoms. The highest BCUT2D eigenvalue weighted by molar-refractivity contribution is 7.99. The van der Waals surface area contributed by atoms with Gasteiger partial charge in [0.1, 0.15) is 5.75 Å². The maximum Gasteiger partial charge on any atom is 0.119 e. The predicted octanol–water partition coefficient (Wildman–Crippen LogP) is 1.81. The molecule has 1 rings (SSSR count). The van der Waals surface area contributed by atoms with Crippen molar-refractivity contribution in [3.63, 3.8) is 0 Å². The first-order chi connectivity index (χ1) is 7.77. The third-order valence-electron chi connectivity index (χ3n) is 2.15. The molecule has 0 aliphatic heterocycles. The molecule has 0 aromatic heterocycles. The average molecular weight is 241 g/mol. The molecule has 16 heavy (non-hydrogen) atoms. The zero-order valence-electron chi connectivity index (χ0n) is 9.56. The first kappa shape index (κ1) is 13.4. The van der Waals surface area contributed by atoms with E-state index in [2.05, 4.69) is 0 Å². The van der Waals surface area contributed by atoms with Crippen LogP contribution >= 0.6 is 11.8 Å². The first-order valence-corrected chi connectivity index (χ1v) is 6.60. The van der Waals surface area contributed by atoms with E-state index in [9.17, 15) is 0 Å². The van der Waals surface area contributed by atoms with Crippen LogP contribution in [0, 0.1) is 0 Å². The van der Waals surface area contributed by atoms with Gasteiger partial charge in [0, 0.05) is 17.5 Å². The van der Waals surface area contributed by atoms with Crippen LogP contribution in [0.4, 0.5) is 0 Å². The van der Waals surface area contributed by atoms with Crippen molar-refractivity contribution in [2.24, 2.45) is 5.73 Å². The minimum absolute atomic E-state index is 0.0206. The SMILES string of the molecule is CCOc1ccc(C(N)CSCCO)cc1. The second kappa shape index (κ2) is 7.54. The Hall–Kier alpha value is -0.710. The first-order valence-electron chi connectivity index (χ1n) is 5.45. The van der Waals surface area contributed by atoms with Gasteiger partial charge < -0.3 is 15.6 Å². The Bertz CT molecular complexity index is 290. The summed E-state index contributed by atoms with van der Waals surface area (Å²) >= 11 is 1.66. The van der Waals surface area contributed by atoms with E-state index in [1.807, 2.05) is 31.2 Å². The van der Waals surface area contributed by atoms with Gasteiger partial charge in [-0.2, -0.15) is 11.8 Å². The Morgan fingerprint density at radius 2 is 2.06 bits per heavy atom. The van der Waals surface area contributed by atoms with Gasteiger partial charge in [-0.05, 0) is 24.6 Å². The molecule has 0 heterocycles. The van der Waals surface area contributed by atoms with E-state index < -0.39 is 0 Å². The van der Waals surface area contributed by atoms with Crippen molar-refractivity contribution < 1.29 is 9.84 Å². The molecule has 1 unspecified atom stereocenters. The Morgan fingerprint density at radius 3 is 2.62 bits per heavy atom. The molecule has 1 aromatic carbocycles. The maximum absolute atomic E-state index is 8.67. The normalized spacial score (nSPS) is 12.4. The Kier molecular flexibility index (Phi) is 6.30. The number of hydrogen-bond donors (Lipinski definition) is 2. The lowest BCUT2D eigenvalue weighted by atomic mass is 10.1. The van der Waals surface area contributed by atoms with Gasteiger partial charge in [0.15, 0.2) is 0 Å². The van der Waals surface area contributed by atoms with Gasteiger partial charge in [-0.1, -0.05) is 12.1 Å². The molecule has 90 valence electrons. The number of aliphatic hydroxyl groups excluding tert-OH is 1. The van der Waals surface area contributed by atoms with Gasteiger partial charge in [0.25, 0.3) is 0 Å². The summed E-state index contributed by atoms with van der Waals surface area (Å²) in [6, 6.07) is 7.89. The van der Waals surface area contributed by atoms with Crippen LogP contribution in [0.2, 0.25) is 0 Å². The zero-order valence-corrected chi connectivity index (χ0v) is 10.4. The van der Waals surface area contributed by atoms with Gasteiger partial charge in [0.2, 0.25) is 0 Å². The number of nitrogens with two attached hydrogens (primary N) is 1. The molecule has 0 aliphatic rings. The van der Waals surface area contributed by atoms with E-state index in [1.54, 1.807) is 11.8 Å². The van der Waals surface area contributed by atoms with Crippen LogP contribution in [0.3, 0.4) is 0 Å². The van der Waals surface area contributed by atoms with Crippen LogP contribution < -0.4 is 10.5 Å². The van der Waals surface area contributed by atoms with Gasteiger partial charge >= 0.3 is 0 Å². The molecular formula is C12H19NO2S. The summed E-state index contributed by atoms with van der Waals surface area (Å²) in [5.41, 5.74) is 7.12. The molecule has 0 amide bonds. The van der Waals surface area contributed by atoms with Crippen molar-refractivity contribution in [1.29, 1.82) is 0 Å². The molecule has 3 N–H and O–H groups in total. The third-order valence-corrected chi connectivity index (χ3v) is 3.22. The van der Waals surface area contributed by atoms with Crippen molar-refractivity contribution in [2.75, 3.05) is 24.7 Å². The van der Waals surface area contributed by atoms with E-state index in [-0.39, 0.29) is 12.6 Å². The quantitative estimate of drug-likeness (QED) is 0.715. The van der Waals surface area contributed by atoms with E-state index in [0.29, 0.717) is 6.61 Å². The van der Waals surface area contributed by atoms with E-state index in [0.717, 1.165) is 22.8 Å². The standard InChI is InChI=1S/C12H19NO2S/c1-2-15-11-5-3-10(4-6-11)12(13)9-16-8-7-14/h3-6,12,14H,2,7-9,13H2,1H3. The van der Waals surface area contributed by atoms with Gasteiger partial charge in [-0.15, -0.1) is 0 Å². The summed E-state index contributed by atoms with van der Waals surface area (Å²) < 4.78 is 5.36. The number of rotatable bonds is 7. The van der Waals surface area contributed by atoms with E-state index >= 15 is 0 Å². The number of aliphatic hydroxyl groups is 1. The van der Waals surface area contributed by atoms with Crippen molar-refractivity contribution in [3.05, 3.63) is 29.8 Å².